The number of imidazole rings is 2. The van der Waals surface area contributed by atoms with Gasteiger partial charge >= 0.3 is 0 Å². The van der Waals surface area contributed by atoms with Crippen molar-refractivity contribution in [3.63, 3.8) is 0 Å². The van der Waals surface area contributed by atoms with Crippen molar-refractivity contribution >= 4 is 0 Å². The van der Waals surface area contributed by atoms with Gasteiger partial charge < -0.3 is 9.97 Å². The lowest BCUT2D eigenvalue weighted by Gasteiger charge is -2.14. The number of hydrogen-bond donors (Lipinski definition) is 2. The van der Waals surface area contributed by atoms with Crippen molar-refractivity contribution in [1.29, 1.82) is 0 Å². The van der Waals surface area contributed by atoms with E-state index in [0.29, 0.717) is 0 Å². The van der Waals surface area contributed by atoms with Crippen LogP contribution < -0.4 is 0 Å². The van der Waals surface area contributed by atoms with Crippen LogP contribution in [0.2, 0.25) is 0 Å². The van der Waals surface area contributed by atoms with E-state index in [1.165, 1.54) is 0 Å². The first-order chi connectivity index (χ1) is 17.7. The van der Waals surface area contributed by atoms with E-state index >= 15 is 0 Å². The predicted octanol–water partition coefficient (Wildman–Crippen LogP) is 6.87. The molecule has 0 aliphatic carbocycles. The molecule has 0 amide bonds. The second-order valence-electron chi connectivity index (χ2n) is 8.67. The van der Waals surface area contributed by atoms with E-state index in [1.54, 1.807) is 0 Å². The third-order valence-electron chi connectivity index (χ3n) is 6.15. The molecule has 0 atom stereocenters. The summed E-state index contributed by atoms with van der Waals surface area (Å²) in [5.74, 6) is 1.73. The fraction of sp³-hybridized carbons (Fsp3) is 0.0667. The smallest absolute Gasteiger partial charge is 0.103 e. The van der Waals surface area contributed by atoms with Crippen LogP contribution >= 0.6 is 0 Å². The van der Waals surface area contributed by atoms with E-state index in [-0.39, 0.29) is 0 Å². The molecule has 6 aromatic rings. The molecule has 0 saturated heterocycles. The Morgan fingerprint density at radius 3 is 1.22 bits per heavy atom. The van der Waals surface area contributed by atoms with E-state index < -0.39 is 0 Å². The van der Waals surface area contributed by atoms with Gasteiger partial charge in [0.05, 0.1) is 46.6 Å². The molecule has 36 heavy (non-hydrogen) atoms. The highest BCUT2D eigenvalue weighted by Gasteiger charge is 2.15. The summed E-state index contributed by atoms with van der Waals surface area (Å²) in [4.78, 5) is 25.2. The third kappa shape index (κ3) is 4.09. The lowest BCUT2D eigenvalue weighted by Crippen LogP contribution is -1.94. The van der Waals surface area contributed by atoms with Gasteiger partial charge in [0.2, 0.25) is 0 Å². The zero-order valence-corrected chi connectivity index (χ0v) is 20.0. The maximum Gasteiger partial charge on any atom is 0.103 e. The molecule has 2 N–H and O–H groups in total. The molecule has 0 aliphatic heterocycles. The minimum absolute atomic E-state index is 0.861. The highest BCUT2D eigenvalue weighted by Crippen LogP contribution is 2.37. The average molecular weight is 469 g/mol. The van der Waals surface area contributed by atoms with E-state index in [0.717, 1.165) is 68.1 Å². The van der Waals surface area contributed by atoms with Crippen LogP contribution in [0.15, 0.2) is 97.3 Å². The molecule has 174 valence electrons. The lowest BCUT2D eigenvalue weighted by molar-refractivity contribution is 1.15. The number of hydrogen-bond acceptors (Lipinski definition) is 4. The van der Waals surface area contributed by atoms with Gasteiger partial charge in [-0.2, -0.15) is 0 Å². The van der Waals surface area contributed by atoms with Gasteiger partial charge in [-0.25, -0.2) is 19.9 Å². The van der Waals surface area contributed by atoms with E-state index in [1.807, 2.05) is 62.6 Å². The summed E-state index contributed by atoms with van der Waals surface area (Å²) in [6, 6.07) is 28.9. The second-order valence-corrected chi connectivity index (χ2v) is 8.67. The van der Waals surface area contributed by atoms with Crippen LogP contribution in [0.25, 0.3) is 56.4 Å². The first-order valence-corrected chi connectivity index (χ1v) is 11.8. The number of aromatic nitrogens is 6. The highest BCUT2D eigenvalue weighted by molar-refractivity contribution is 5.90. The molecular formula is C30H24N6. The second kappa shape index (κ2) is 9.07. The Morgan fingerprint density at radius 1 is 0.444 bits per heavy atom. The molecule has 2 aromatic carbocycles. The van der Waals surface area contributed by atoms with Gasteiger partial charge in [-0.1, -0.05) is 60.7 Å². The summed E-state index contributed by atoms with van der Waals surface area (Å²) in [7, 11) is 0. The van der Waals surface area contributed by atoms with Gasteiger partial charge in [0, 0.05) is 11.1 Å². The van der Waals surface area contributed by atoms with Crippen molar-refractivity contribution in [1.82, 2.24) is 29.9 Å². The summed E-state index contributed by atoms with van der Waals surface area (Å²) < 4.78 is 0. The minimum atomic E-state index is 0.861. The van der Waals surface area contributed by atoms with Gasteiger partial charge in [0.15, 0.2) is 0 Å². The summed E-state index contributed by atoms with van der Waals surface area (Å²) in [6.45, 7) is 3.88. The standard InChI is InChI=1S/C30H24N6/c1-19-31-17-29(33-19)27-15-7-13-25(35-27)23-11-5-3-9-21(23)22-10-4-6-12-24(22)26-14-8-16-28(36-26)30-18-32-20(2)34-30/h3-18H,1-2H3,(H,31,33)(H,32,34). The Hall–Kier alpha value is -4.84. The van der Waals surface area contributed by atoms with Crippen LogP contribution in [-0.2, 0) is 0 Å². The zero-order valence-electron chi connectivity index (χ0n) is 20.0. The van der Waals surface area contributed by atoms with Crippen molar-refractivity contribution < 1.29 is 0 Å². The maximum absolute atomic E-state index is 4.97. The number of nitrogens with zero attached hydrogens (tertiary/aromatic N) is 4. The first kappa shape index (κ1) is 21.7. The topological polar surface area (TPSA) is 83.1 Å². The maximum atomic E-state index is 4.97. The highest BCUT2D eigenvalue weighted by atomic mass is 14.9. The number of aryl methyl sites for hydroxylation is 2. The van der Waals surface area contributed by atoms with Gasteiger partial charge in [-0.15, -0.1) is 0 Å². The Labute approximate surface area is 209 Å². The third-order valence-corrected chi connectivity index (χ3v) is 6.15. The van der Waals surface area contributed by atoms with Crippen LogP contribution in [0, 0.1) is 13.8 Å². The summed E-state index contributed by atoms with van der Waals surface area (Å²) >= 11 is 0. The molecule has 4 aromatic heterocycles. The number of pyridine rings is 2. The van der Waals surface area contributed by atoms with Gasteiger partial charge in [0.25, 0.3) is 0 Å². The average Bonchev–Trinajstić information content (AvgIpc) is 3.57. The number of nitrogens with one attached hydrogen (secondary N) is 2. The fourth-order valence-electron chi connectivity index (χ4n) is 4.45. The van der Waals surface area contributed by atoms with Crippen molar-refractivity contribution in [3.05, 3.63) is 109 Å². The van der Waals surface area contributed by atoms with E-state index in [9.17, 15) is 0 Å². The number of H-pyrrole nitrogens is 2. The first-order valence-electron chi connectivity index (χ1n) is 11.8. The lowest BCUT2D eigenvalue weighted by atomic mass is 9.92. The Balaban J connectivity index is 1.46. The van der Waals surface area contributed by atoms with Gasteiger partial charge in [-0.3, -0.25) is 0 Å². The van der Waals surface area contributed by atoms with E-state index in [2.05, 4.69) is 68.5 Å². The Kier molecular flexibility index (Phi) is 5.46. The molecule has 6 nitrogen and oxygen atoms in total. The largest absolute Gasteiger partial charge is 0.341 e. The minimum Gasteiger partial charge on any atom is -0.341 e. The Morgan fingerprint density at radius 2 is 0.833 bits per heavy atom. The molecule has 4 heterocycles. The number of benzene rings is 2. The molecule has 6 heteroatoms. The normalized spacial score (nSPS) is 11.1. The van der Waals surface area contributed by atoms with Crippen molar-refractivity contribution in [2.75, 3.05) is 0 Å². The van der Waals surface area contributed by atoms with Crippen molar-refractivity contribution in [2.45, 2.75) is 13.8 Å². The number of rotatable bonds is 5. The molecule has 0 unspecified atom stereocenters. The molecule has 0 saturated carbocycles. The quantitative estimate of drug-likeness (QED) is 0.289. The monoisotopic (exact) mass is 468 g/mol. The molecule has 6 rings (SSSR count). The zero-order chi connectivity index (χ0) is 24.5. The molecular weight excluding hydrogens is 444 g/mol. The van der Waals surface area contributed by atoms with Crippen LogP contribution in [0.4, 0.5) is 0 Å². The van der Waals surface area contributed by atoms with Crippen molar-refractivity contribution in [2.24, 2.45) is 0 Å². The molecule has 0 bridgehead atoms. The van der Waals surface area contributed by atoms with E-state index in [4.69, 9.17) is 9.97 Å². The predicted molar refractivity (Wildman–Crippen MR) is 143 cm³/mol. The van der Waals surface area contributed by atoms with Crippen LogP contribution in [0.1, 0.15) is 11.6 Å². The molecule has 0 aliphatic rings. The fourth-order valence-corrected chi connectivity index (χ4v) is 4.45. The summed E-state index contributed by atoms with van der Waals surface area (Å²) in [6.07, 6.45) is 3.64. The Bertz CT molecular complexity index is 1550. The number of aromatic amines is 2. The molecule has 0 radical (unpaired) electrons. The van der Waals surface area contributed by atoms with Crippen LogP contribution in [0.5, 0.6) is 0 Å². The molecule has 0 fully saturated rings. The summed E-state index contributed by atoms with van der Waals surface area (Å²) in [5, 5.41) is 0. The van der Waals surface area contributed by atoms with Crippen LogP contribution in [-0.4, -0.2) is 29.9 Å². The van der Waals surface area contributed by atoms with Gasteiger partial charge in [-0.05, 0) is 49.2 Å². The van der Waals surface area contributed by atoms with Crippen LogP contribution in [0.3, 0.4) is 0 Å². The summed E-state index contributed by atoms with van der Waals surface area (Å²) in [5.41, 5.74) is 9.66. The molecule has 0 spiro atoms. The SMILES string of the molecule is Cc1ncc(-c2cccc(-c3ccccc3-c3ccccc3-c3cccc(-c4cnc(C)[nH]4)n3)n2)[nH]1. The van der Waals surface area contributed by atoms with Crippen molar-refractivity contribution in [3.8, 4) is 56.4 Å². The van der Waals surface area contributed by atoms with Gasteiger partial charge in [0.1, 0.15) is 11.6 Å².